The minimum atomic E-state index is -0.891. The van der Waals surface area contributed by atoms with Crippen LogP contribution in [0.25, 0.3) is 27.8 Å². The van der Waals surface area contributed by atoms with Gasteiger partial charge >= 0.3 is 0 Å². The van der Waals surface area contributed by atoms with Crippen molar-refractivity contribution in [3.63, 3.8) is 0 Å². The molecule has 0 saturated carbocycles. The Morgan fingerprint density at radius 2 is 1.84 bits per heavy atom. The summed E-state index contributed by atoms with van der Waals surface area (Å²) >= 11 is 0. The molecule has 0 aliphatic rings. The summed E-state index contributed by atoms with van der Waals surface area (Å²) in [7, 11) is 0. The van der Waals surface area contributed by atoms with Gasteiger partial charge in [0, 0.05) is 41.4 Å². The van der Waals surface area contributed by atoms with E-state index in [0.29, 0.717) is 11.5 Å². The van der Waals surface area contributed by atoms with Gasteiger partial charge in [-0.25, -0.2) is 19.9 Å². The summed E-state index contributed by atoms with van der Waals surface area (Å²) in [5.41, 5.74) is 9.68. The Kier molecular flexibility index (Phi) is 4.30. The lowest BCUT2D eigenvalue weighted by molar-refractivity contribution is 0.0786. The molecule has 5 rings (SSSR count). The Labute approximate surface area is 178 Å². The van der Waals surface area contributed by atoms with Crippen molar-refractivity contribution in [2.75, 3.05) is 11.1 Å². The summed E-state index contributed by atoms with van der Waals surface area (Å²) in [6, 6.07) is 13.5. The first kappa shape index (κ1) is 19.0. The monoisotopic (exact) mass is 411 g/mol. The number of benzene rings is 2. The first-order valence-electron chi connectivity index (χ1n) is 9.83. The van der Waals surface area contributed by atoms with Crippen molar-refractivity contribution in [1.82, 2.24) is 24.3 Å². The Hall–Kier alpha value is -4.04. The quantitative estimate of drug-likeness (QED) is 0.411. The van der Waals surface area contributed by atoms with Crippen molar-refractivity contribution in [3.05, 3.63) is 72.8 Å². The van der Waals surface area contributed by atoms with Crippen LogP contribution < -0.4 is 11.1 Å². The number of hydrogen-bond acceptors (Lipinski definition) is 7. The first-order valence-corrected chi connectivity index (χ1v) is 9.83. The predicted molar refractivity (Wildman–Crippen MR) is 121 cm³/mol. The number of fused-ring (bicyclic) bond motifs is 2. The smallest absolute Gasteiger partial charge is 0.220 e. The Bertz CT molecular complexity index is 1400. The summed E-state index contributed by atoms with van der Waals surface area (Å²) in [6.45, 7) is 3.52. The van der Waals surface area contributed by atoms with Crippen molar-refractivity contribution >= 4 is 34.0 Å². The van der Waals surface area contributed by atoms with Gasteiger partial charge in [0.05, 0.1) is 16.8 Å². The topological polar surface area (TPSA) is 114 Å². The molecule has 0 amide bonds. The third-order valence-corrected chi connectivity index (χ3v) is 5.12. The van der Waals surface area contributed by atoms with E-state index in [4.69, 9.17) is 10.7 Å². The molecule has 8 nitrogen and oxygen atoms in total. The summed E-state index contributed by atoms with van der Waals surface area (Å²) in [6.07, 6.45) is 7.26. The lowest BCUT2D eigenvalue weighted by Gasteiger charge is -2.18. The molecule has 0 fully saturated rings. The lowest BCUT2D eigenvalue weighted by atomic mass is 9.98. The average Bonchev–Trinajstić information content (AvgIpc) is 3.22. The van der Waals surface area contributed by atoms with E-state index in [1.807, 2.05) is 59.3 Å². The maximum absolute atomic E-state index is 10.2. The number of imidazole rings is 1. The maximum atomic E-state index is 10.2. The van der Waals surface area contributed by atoms with Crippen LogP contribution in [0, 0.1) is 0 Å². The molecule has 0 saturated heterocycles. The third kappa shape index (κ3) is 3.64. The minimum absolute atomic E-state index is 0.250. The van der Waals surface area contributed by atoms with Crippen LogP contribution in [0.2, 0.25) is 0 Å². The molecule has 0 radical (unpaired) electrons. The molecular formula is C23H21N7O. The van der Waals surface area contributed by atoms with E-state index in [1.165, 1.54) is 0 Å². The van der Waals surface area contributed by atoms with Gasteiger partial charge in [0.2, 0.25) is 5.95 Å². The Morgan fingerprint density at radius 3 is 2.61 bits per heavy atom. The van der Waals surface area contributed by atoms with Crippen LogP contribution in [0.3, 0.4) is 0 Å². The summed E-state index contributed by atoms with van der Waals surface area (Å²) < 4.78 is 1.93. The molecular weight excluding hydrogens is 390 g/mol. The van der Waals surface area contributed by atoms with Gasteiger partial charge in [0.25, 0.3) is 0 Å². The number of aromatic nitrogens is 5. The second-order valence-corrected chi connectivity index (χ2v) is 7.90. The molecule has 0 bridgehead atoms. The molecule has 0 aliphatic heterocycles. The zero-order valence-electron chi connectivity index (χ0n) is 17.1. The lowest BCUT2D eigenvalue weighted by Crippen LogP contribution is -2.15. The summed E-state index contributed by atoms with van der Waals surface area (Å²) in [5.74, 6) is 0.882. The minimum Gasteiger partial charge on any atom is -0.386 e. The molecule has 3 heterocycles. The molecule has 0 unspecified atom stereocenters. The van der Waals surface area contributed by atoms with Crippen LogP contribution in [0.5, 0.6) is 0 Å². The Balaban J connectivity index is 1.55. The molecule has 5 aromatic rings. The standard InChI is InChI=1S/C23H21N7O/c1-23(2,31)16-4-6-17(7-5-16)27-20-21-25-9-10-30(21)13-19(28-20)14-3-8-18-15(11-14)12-26-22(24)29-18/h3-13,31H,1-2H3,(H,27,28)(H2,24,26,29). The van der Waals surface area contributed by atoms with Crippen molar-refractivity contribution in [3.8, 4) is 11.3 Å². The first-order chi connectivity index (χ1) is 14.9. The van der Waals surface area contributed by atoms with E-state index in [-0.39, 0.29) is 5.95 Å². The van der Waals surface area contributed by atoms with Gasteiger partial charge in [-0.1, -0.05) is 18.2 Å². The zero-order chi connectivity index (χ0) is 21.6. The van der Waals surface area contributed by atoms with Crippen molar-refractivity contribution in [2.24, 2.45) is 0 Å². The second-order valence-electron chi connectivity index (χ2n) is 7.90. The van der Waals surface area contributed by atoms with E-state index in [9.17, 15) is 5.11 Å². The van der Waals surface area contributed by atoms with Gasteiger partial charge in [0.1, 0.15) is 0 Å². The third-order valence-electron chi connectivity index (χ3n) is 5.12. The van der Waals surface area contributed by atoms with Crippen LogP contribution in [0.15, 0.2) is 67.3 Å². The van der Waals surface area contributed by atoms with Gasteiger partial charge in [-0.2, -0.15) is 0 Å². The van der Waals surface area contributed by atoms with Crippen LogP contribution in [-0.4, -0.2) is 29.4 Å². The van der Waals surface area contributed by atoms with E-state index >= 15 is 0 Å². The van der Waals surface area contributed by atoms with E-state index < -0.39 is 5.60 Å². The number of anilines is 3. The van der Waals surface area contributed by atoms with E-state index in [1.54, 1.807) is 26.2 Å². The number of nitrogens with one attached hydrogen (secondary N) is 1. The van der Waals surface area contributed by atoms with Gasteiger partial charge in [-0.05, 0) is 43.7 Å². The Morgan fingerprint density at radius 1 is 1.03 bits per heavy atom. The maximum Gasteiger partial charge on any atom is 0.220 e. The summed E-state index contributed by atoms with van der Waals surface area (Å²) in [5, 5.41) is 14.4. The number of nitrogens with zero attached hydrogens (tertiary/aromatic N) is 5. The fraction of sp³-hybridized carbons (Fsp3) is 0.130. The van der Waals surface area contributed by atoms with Crippen LogP contribution in [0.4, 0.5) is 17.5 Å². The average molecular weight is 411 g/mol. The van der Waals surface area contributed by atoms with Crippen LogP contribution in [-0.2, 0) is 5.60 Å². The molecule has 2 aromatic carbocycles. The number of nitrogens with two attached hydrogens (primary N) is 1. The fourth-order valence-electron chi connectivity index (χ4n) is 3.46. The second kappa shape index (κ2) is 7.03. The molecule has 0 aliphatic carbocycles. The van der Waals surface area contributed by atoms with Crippen molar-refractivity contribution in [2.45, 2.75) is 19.4 Å². The highest BCUT2D eigenvalue weighted by molar-refractivity contribution is 5.84. The molecule has 31 heavy (non-hydrogen) atoms. The molecule has 0 spiro atoms. The fourth-order valence-corrected chi connectivity index (χ4v) is 3.46. The van der Waals surface area contributed by atoms with Gasteiger partial charge in [-0.3, -0.25) is 0 Å². The molecule has 154 valence electrons. The highest BCUT2D eigenvalue weighted by atomic mass is 16.3. The largest absolute Gasteiger partial charge is 0.386 e. The number of nitrogen functional groups attached to an aromatic ring is 1. The predicted octanol–water partition coefficient (Wildman–Crippen LogP) is 3.89. The number of rotatable bonds is 4. The highest BCUT2D eigenvalue weighted by Gasteiger charge is 2.16. The van der Waals surface area contributed by atoms with Crippen LogP contribution in [0.1, 0.15) is 19.4 Å². The molecule has 8 heteroatoms. The van der Waals surface area contributed by atoms with Crippen LogP contribution >= 0.6 is 0 Å². The summed E-state index contributed by atoms with van der Waals surface area (Å²) in [4.78, 5) is 17.6. The van der Waals surface area contributed by atoms with E-state index in [2.05, 4.69) is 20.3 Å². The number of aliphatic hydroxyl groups is 1. The number of hydrogen-bond donors (Lipinski definition) is 3. The zero-order valence-corrected chi connectivity index (χ0v) is 17.1. The van der Waals surface area contributed by atoms with Gasteiger partial charge in [-0.15, -0.1) is 0 Å². The van der Waals surface area contributed by atoms with Gasteiger partial charge in [0.15, 0.2) is 11.5 Å². The molecule has 3 aromatic heterocycles. The van der Waals surface area contributed by atoms with Crippen molar-refractivity contribution in [1.29, 1.82) is 0 Å². The van der Waals surface area contributed by atoms with E-state index in [0.717, 1.165) is 33.4 Å². The van der Waals surface area contributed by atoms with Gasteiger partial charge < -0.3 is 20.6 Å². The molecule has 0 atom stereocenters. The highest BCUT2D eigenvalue weighted by Crippen LogP contribution is 2.28. The normalized spacial score (nSPS) is 11.8. The van der Waals surface area contributed by atoms with Crippen molar-refractivity contribution < 1.29 is 5.11 Å². The SMILES string of the molecule is CC(C)(O)c1ccc(Nc2nc(-c3ccc4nc(N)ncc4c3)cn3ccnc23)cc1. The molecule has 4 N–H and O–H groups in total.